The van der Waals surface area contributed by atoms with Crippen LogP contribution in [0.2, 0.25) is 0 Å². The van der Waals surface area contributed by atoms with Crippen LogP contribution in [0.15, 0.2) is 30.3 Å². The highest BCUT2D eigenvalue weighted by atomic mass is 35.5. The number of benzene rings is 1. The van der Waals surface area contributed by atoms with Crippen molar-refractivity contribution in [2.24, 2.45) is 0 Å². The van der Waals surface area contributed by atoms with Crippen molar-refractivity contribution in [1.82, 2.24) is 4.90 Å². The summed E-state index contributed by atoms with van der Waals surface area (Å²) in [4.78, 5) is 2.02. The third-order valence-electron chi connectivity index (χ3n) is 2.14. The van der Waals surface area contributed by atoms with Crippen LogP contribution in [0.1, 0.15) is 11.7 Å². The van der Waals surface area contributed by atoms with Gasteiger partial charge < -0.3 is 10.0 Å². The van der Waals surface area contributed by atoms with Crippen LogP contribution in [-0.2, 0) is 0 Å². The fourth-order valence-corrected chi connectivity index (χ4v) is 1.60. The number of aliphatic hydroxyl groups is 1. The van der Waals surface area contributed by atoms with Crippen LogP contribution in [0.3, 0.4) is 0 Å². The molecule has 0 aromatic heterocycles. The molecule has 1 unspecified atom stereocenters. The molecular formula is C11H16ClNO. The molecule has 3 heteroatoms. The number of hydrogen-bond donors (Lipinski definition) is 1. The van der Waals surface area contributed by atoms with Crippen molar-refractivity contribution in [3.63, 3.8) is 0 Å². The third kappa shape index (κ3) is 3.66. The highest BCUT2D eigenvalue weighted by Crippen LogP contribution is 2.12. The molecule has 1 rings (SSSR count). The number of alkyl halides is 1. The monoisotopic (exact) mass is 213 g/mol. The van der Waals surface area contributed by atoms with E-state index in [2.05, 4.69) is 0 Å². The van der Waals surface area contributed by atoms with Gasteiger partial charge in [-0.25, -0.2) is 0 Å². The second-order valence-electron chi connectivity index (χ2n) is 3.38. The lowest BCUT2D eigenvalue weighted by molar-refractivity contribution is 0.130. The van der Waals surface area contributed by atoms with Gasteiger partial charge in [0.25, 0.3) is 0 Å². The Labute approximate surface area is 90.1 Å². The van der Waals surface area contributed by atoms with Gasteiger partial charge in [0, 0.05) is 19.0 Å². The first-order chi connectivity index (χ1) is 6.74. The average Bonchev–Trinajstić information content (AvgIpc) is 2.19. The SMILES string of the molecule is CN(CCCl)CC(O)c1ccccc1. The van der Waals surface area contributed by atoms with Crippen molar-refractivity contribution in [1.29, 1.82) is 0 Å². The number of aliphatic hydroxyl groups excluding tert-OH is 1. The normalized spacial score (nSPS) is 13.1. The number of likely N-dealkylation sites (N-methyl/N-ethyl adjacent to an activating group) is 1. The number of halogens is 1. The lowest BCUT2D eigenvalue weighted by Gasteiger charge is -2.19. The van der Waals surface area contributed by atoms with Crippen LogP contribution in [0.25, 0.3) is 0 Å². The van der Waals surface area contributed by atoms with Gasteiger partial charge in [-0.1, -0.05) is 30.3 Å². The average molecular weight is 214 g/mol. The zero-order chi connectivity index (χ0) is 10.4. The van der Waals surface area contributed by atoms with Crippen molar-refractivity contribution >= 4 is 11.6 Å². The van der Waals surface area contributed by atoms with E-state index in [-0.39, 0.29) is 0 Å². The van der Waals surface area contributed by atoms with E-state index >= 15 is 0 Å². The van der Waals surface area contributed by atoms with Crippen molar-refractivity contribution in [2.45, 2.75) is 6.10 Å². The summed E-state index contributed by atoms with van der Waals surface area (Å²) in [7, 11) is 1.95. The Morgan fingerprint density at radius 3 is 2.57 bits per heavy atom. The minimum absolute atomic E-state index is 0.426. The van der Waals surface area contributed by atoms with Crippen molar-refractivity contribution in [3.8, 4) is 0 Å². The summed E-state index contributed by atoms with van der Waals surface area (Å²) in [6.07, 6.45) is -0.426. The van der Waals surface area contributed by atoms with Gasteiger partial charge in [-0.15, -0.1) is 11.6 Å². The van der Waals surface area contributed by atoms with Gasteiger partial charge in [-0.3, -0.25) is 0 Å². The van der Waals surface area contributed by atoms with Gasteiger partial charge in [0.15, 0.2) is 0 Å². The minimum Gasteiger partial charge on any atom is -0.387 e. The molecule has 0 amide bonds. The molecule has 0 saturated carbocycles. The maximum absolute atomic E-state index is 9.83. The van der Waals surface area contributed by atoms with E-state index in [0.29, 0.717) is 12.4 Å². The molecule has 0 aliphatic rings. The predicted octanol–water partition coefficient (Wildman–Crippen LogP) is 1.89. The zero-order valence-corrected chi connectivity index (χ0v) is 9.11. The molecule has 1 aromatic rings. The molecule has 0 heterocycles. The molecule has 0 aliphatic heterocycles. The largest absolute Gasteiger partial charge is 0.387 e. The standard InChI is InChI=1S/C11H16ClNO/c1-13(8-7-12)9-11(14)10-5-3-2-4-6-10/h2-6,11,14H,7-9H2,1H3. The highest BCUT2D eigenvalue weighted by molar-refractivity contribution is 6.18. The van der Waals surface area contributed by atoms with Crippen molar-refractivity contribution in [3.05, 3.63) is 35.9 Å². The molecular weight excluding hydrogens is 198 g/mol. The molecule has 0 fully saturated rings. The second-order valence-corrected chi connectivity index (χ2v) is 3.76. The summed E-state index contributed by atoms with van der Waals surface area (Å²) in [5.74, 6) is 0.595. The summed E-state index contributed by atoms with van der Waals surface area (Å²) >= 11 is 5.60. The Morgan fingerprint density at radius 2 is 2.00 bits per heavy atom. The van der Waals surface area contributed by atoms with E-state index in [4.69, 9.17) is 11.6 Å². The molecule has 0 saturated heterocycles. The number of hydrogen-bond acceptors (Lipinski definition) is 2. The third-order valence-corrected chi connectivity index (χ3v) is 2.30. The van der Waals surface area contributed by atoms with Gasteiger partial charge in [-0.05, 0) is 12.6 Å². The summed E-state index contributed by atoms with van der Waals surface area (Å²) < 4.78 is 0. The van der Waals surface area contributed by atoms with Gasteiger partial charge in [0.05, 0.1) is 6.10 Å². The molecule has 0 spiro atoms. The quantitative estimate of drug-likeness (QED) is 0.756. The first-order valence-electron chi connectivity index (χ1n) is 4.71. The molecule has 0 aliphatic carbocycles. The Hall–Kier alpha value is -0.570. The predicted molar refractivity (Wildman–Crippen MR) is 59.6 cm³/mol. The smallest absolute Gasteiger partial charge is 0.0916 e. The first kappa shape index (κ1) is 11.5. The van der Waals surface area contributed by atoms with Crippen LogP contribution >= 0.6 is 11.6 Å². The first-order valence-corrected chi connectivity index (χ1v) is 5.25. The summed E-state index contributed by atoms with van der Waals surface area (Å²) in [6, 6.07) is 9.66. The Bertz CT molecular complexity index is 253. The van der Waals surface area contributed by atoms with Crippen molar-refractivity contribution in [2.75, 3.05) is 26.0 Å². The molecule has 1 atom stereocenters. The highest BCUT2D eigenvalue weighted by Gasteiger charge is 2.09. The molecule has 2 nitrogen and oxygen atoms in total. The van der Waals surface area contributed by atoms with E-state index < -0.39 is 6.10 Å². The van der Waals surface area contributed by atoms with E-state index in [0.717, 1.165) is 12.1 Å². The van der Waals surface area contributed by atoms with Crippen LogP contribution in [0.5, 0.6) is 0 Å². The van der Waals surface area contributed by atoms with E-state index in [1.165, 1.54) is 0 Å². The van der Waals surface area contributed by atoms with Crippen LogP contribution in [0.4, 0.5) is 0 Å². The van der Waals surface area contributed by atoms with Gasteiger partial charge in [0.1, 0.15) is 0 Å². The van der Waals surface area contributed by atoms with Gasteiger partial charge in [-0.2, -0.15) is 0 Å². The summed E-state index contributed by atoms with van der Waals surface area (Å²) in [6.45, 7) is 1.42. The lowest BCUT2D eigenvalue weighted by Crippen LogP contribution is -2.26. The molecule has 0 radical (unpaired) electrons. The summed E-state index contributed by atoms with van der Waals surface area (Å²) in [5, 5.41) is 9.83. The van der Waals surface area contributed by atoms with Crippen LogP contribution in [-0.4, -0.2) is 36.0 Å². The Morgan fingerprint density at radius 1 is 1.36 bits per heavy atom. The van der Waals surface area contributed by atoms with Crippen LogP contribution in [0, 0.1) is 0 Å². The van der Waals surface area contributed by atoms with E-state index in [9.17, 15) is 5.11 Å². The van der Waals surface area contributed by atoms with Crippen molar-refractivity contribution < 1.29 is 5.11 Å². The number of nitrogens with zero attached hydrogens (tertiary/aromatic N) is 1. The Balaban J connectivity index is 2.46. The fraction of sp³-hybridized carbons (Fsp3) is 0.455. The molecule has 1 aromatic carbocycles. The second kappa shape index (κ2) is 6.02. The Kier molecular flexibility index (Phi) is 4.94. The molecule has 1 N–H and O–H groups in total. The molecule has 0 bridgehead atoms. The minimum atomic E-state index is -0.426. The number of rotatable bonds is 5. The van der Waals surface area contributed by atoms with E-state index in [1.807, 2.05) is 42.3 Å². The van der Waals surface area contributed by atoms with E-state index in [1.54, 1.807) is 0 Å². The zero-order valence-electron chi connectivity index (χ0n) is 8.36. The topological polar surface area (TPSA) is 23.5 Å². The molecule has 78 valence electrons. The molecule has 14 heavy (non-hydrogen) atoms. The van der Waals surface area contributed by atoms with Crippen LogP contribution < -0.4 is 0 Å². The summed E-state index contributed by atoms with van der Waals surface area (Å²) in [5.41, 5.74) is 0.953. The lowest BCUT2D eigenvalue weighted by atomic mass is 10.1. The fourth-order valence-electron chi connectivity index (χ4n) is 1.31. The van der Waals surface area contributed by atoms with Gasteiger partial charge in [0.2, 0.25) is 0 Å². The maximum Gasteiger partial charge on any atom is 0.0916 e. The maximum atomic E-state index is 9.83. The van der Waals surface area contributed by atoms with Gasteiger partial charge >= 0.3 is 0 Å².